The molecule has 1 N–H and O–H groups in total. The average molecular weight is 350 g/mol. The third kappa shape index (κ3) is 2.76. The van der Waals surface area contributed by atoms with Crippen LogP contribution in [0.2, 0.25) is 0 Å². The Hall–Kier alpha value is -3.13. The highest BCUT2D eigenvalue weighted by atomic mass is 32.2. The van der Waals surface area contributed by atoms with Crippen LogP contribution in [-0.2, 0) is 0 Å². The standard InChI is InChI=1S/C17H14N6OS/c1-25-17-18-11-13(23(17)12-7-3-2-4-8-12)15(24)19-16-21-20-14-9-5-6-10-22(14)16/h2-11H,1H3,(H,19,21,24). The van der Waals surface area contributed by atoms with Gasteiger partial charge in [-0.2, -0.15) is 0 Å². The number of rotatable bonds is 4. The van der Waals surface area contributed by atoms with Crippen molar-refractivity contribution in [3.05, 3.63) is 66.6 Å². The van der Waals surface area contributed by atoms with Gasteiger partial charge in [-0.3, -0.25) is 19.1 Å². The number of carbonyl (C=O) groups is 1. The van der Waals surface area contributed by atoms with Crippen LogP contribution >= 0.6 is 11.8 Å². The van der Waals surface area contributed by atoms with Gasteiger partial charge in [-0.05, 0) is 30.5 Å². The molecule has 8 heteroatoms. The molecule has 0 saturated carbocycles. The first-order valence-electron chi connectivity index (χ1n) is 7.56. The molecule has 0 saturated heterocycles. The van der Waals surface area contributed by atoms with Gasteiger partial charge < -0.3 is 0 Å². The topological polar surface area (TPSA) is 77.1 Å². The summed E-state index contributed by atoms with van der Waals surface area (Å²) in [6.45, 7) is 0. The Balaban J connectivity index is 1.72. The molecular formula is C17H14N6OS. The molecule has 0 unspecified atom stereocenters. The summed E-state index contributed by atoms with van der Waals surface area (Å²) in [4.78, 5) is 17.2. The fraction of sp³-hybridized carbons (Fsp3) is 0.0588. The lowest BCUT2D eigenvalue weighted by Crippen LogP contribution is -2.18. The number of benzene rings is 1. The van der Waals surface area contributed by atoms with Crippen molar-refractivity contribution in [2.45, 2.75) is 5.16 Å². The Morgan fingerprint density at radius 3 is 2.68 bits per heavy atom. The van der Waals surface area contributed by atoms with Gasteiger partial charge in [0.15, 0.2) is 10.8 Å². The molecule has 0 atom stereocenters. The number of thioether (sulfide) groups is 1. The molecule has 25 heavy (non-hydrogen) atoms. The van der Waals surface area contributed by atoms with E-state index in [0.717, 1.165) is 10.8 Å². The number of amides is 1. The number of hydrogen-bond donors (Lipinski definition) is 1. The van der Waals surface area contributed by atoms with E-state index in [-0.39, 0.29) is 5.91 Å². The minimum atomic E-state index is -0.296. The monoisotopic (exact) mass is 350 g/mol. The van der Waals surface area contributed by atoms with Crippen LogP contribution in [0.1, 0.15) is 10.5 Å². The summed E-state index contributed by atoms with van der Waals surface area (Å²) >= 11 is 1.48. The molecule has 124 valence electrons. The maximum Gasteiger partial charge on any atom is 0.276 e. The second kappa shape index (κ2) is 6.40. The van der Waals surface area contributed by atoms with Gasteiger partial charge in [-0.25, -0.2) is 4.98 Å². The van der Waals surface area contributed by atoms with Crippen molar-refractivity contribution in [2.24, 2.45) is 0 Å². The van der Waals surface area contributed by atoms with Crippen molar-refractivity contribution in [3.8, 4) is 5.69 Å². The average Bonchev–Trinajstić information content (AvgIpc) is 3.27. The molecule has 4 aromatic rings. The van der Waals surface area contributed by atoms with E-state index in [9.17, 15) is 4.79 Å². The van der Waals surface area contributed by atoms with Crippen molar-refractivity contribution in [1.29, 1.82) is 0 Å². The number of imidazole rings is 1. The molecule has 4 rings (SSSR count). The summed E-state index contributed by atoms with van der Waals surface area (Å²) in [5.41, 5.74) is 1.98. The van der Waals surface area contributed by atoms with E-state index in [1.165, 1.54) is 11.8 Å². The Morgan fingerprint density at radius 2 is 1.88 bits per heavy atom. The van der Waals surface area contributed by atoms with Crippen LogP contribution in [0.25, 0.3) is 11.3 Å². The SMILES string of the molecule is CSc1ncc(C(=O)Nc2nnc3ccccn23)n1-c1ccccc1. The van der Waals surface area contributed by atoms with Gasteiger partial charge in [0.25, 0.3) is 5.91 Å². The number of anilines is 1. The Labute approximate surface area is 147 Å². The number of hydrogen-bond acceptors (Lipinski definition) is 5. The number of nitrogens with zero attached hydrogens (tertiary/aromatic N) is 5. The number of fused-ring (bicyclic) bond motifs is 1. The van der Waals surface area contributed by atoms with Crippen molar-refractivity contribution in [2.75, 3.05) is 11.6 Å². The number of para-hydroxylation sites is 1. The second-order valence-electron chi connectivity index (χ2n) is 5.21. The predicted octanol–water partition coefficient (Wildman–Crippen LogP) is 2.89. The van der Waals surface area contributed by atoms with Gasteiger partial charge in [0.1, 0.15) is 5.69 Å². The molecule has 0 aliphatic rings. The predicted molar refractivity (Wildman–Crippen MR) is 96.3 cm³/mol. The molecule has 0 radical (unpaired) electrons. The van der Waals surface area contributed by atoms with Crippen molar-refractivity contribution >= 4 is 29.3 Å². The molecule has 3 heterocycles. The van der Waals surface area contributed by atoms with Crippen molar-refractivity contribution < 1.29 is 4.79 Å². The molecule has 1 aromatic carbocycles. The molecular weight excluding hydrogens is 336 g/mol. The van der Waals surface area contributed by atoms with Crippen LogP contribution in [0, 0.1) is 0 Å². The Bertz CT molecular complexity index is 1040. The second-order valence-corrected chi connectivity index (χ2v) is 5.98. The lowest BCUT2D eigenvalue weighted by molar-refractivity contribution is 0.101. The van der Waals surface area contributed by atoms with E-state index in [4.69, 9.17) is 0 Å². The zero-order chi connectivity index (χ0) is 17.2. The fourth-order valence-corrected chi connectivity index (χ4v) is 3.10. The first kappa shape index (κ1) is 15.4. The van der Waals surface area contributed by atoms with E-state index < -0.39 is 0 Å². The number of nitrogens with one attached hydrogen (secondary N) is 1. The summed E-state index contributed by atoms with van der Waals surface area (Å²) in [5.74, 6) is 0.0712. The minimum Gasteiger partial charge on any atom is -0.289 e. The number of pyridine rings is 1. The molecule has 0 spiro atoms. The summed E-state index contributed by atoms with van der Waals surface area (Å²) in [7, 11) is 0. The third-order valence-electron chi connectivity index (χ3n) is 3.70. The van der Waals surface area contributed by atoms with Crippen LogP contribution in [0.3, 0.4) is 0 Å². The maximum atomic E-state index is 12.8. The zero-order valence-corrected chi connectivity index (χ0v) is 14.1. The quantitative estimate of drug-likeness (QED) is 0.573. The maximum absolute atomic E-state index is 12.8. The van der Waals surface area contributed by atoms with Crippen LogP contribution in [0.4, 0.5) is 5.95 Å². The highest BCUT2D eigenvalue weighted by Crippen LogP contribution is 2.22. The molecule has 0 aliphatic heterocycles. The number of aromatic nitrogens is 5. The van der Waals surface area contributed by atoms with Crippen LogP contribution < -0.4 is 5.32 Å². The minimum absolute atomic E-state index is 0.296. The summed E-state index contributed by atoms with van der Waals surface area (Å²) in [6, 6.07) is 15.2. The fourth-order valence-electron chi connectivity index (χ4n) is 2.56. The van der Waals surface area contributed by atoms with Crippen LogP contribution in [-0.4, -0.2) is 36.3 Å². The van der Waals surface area contributed by atoms with Crippen molar-refractivity contribution in [1.82, 2.24) is 24.1 Å². The summed E-state index contributed by atoms with van der Waals surface area (Å²) < 4.78 is 3.54. The van der Waals surface area contributed by atoms with Gasteiger partial charge in [0, 0.05) is 11.9 Å². The van der Waals surface area contributed by atoms with E-state index in [1.54, 1.807) is 16.8 Å². The van der Waals surface area contributed by atoms with E-state index in [0.29, 0.717) is 17.3 Å². The molecule has 7 nitrogen and oxygen atoms in total. The zero-order valence-electron chi connectivity index (χ0n) is 13.3. The van der Waals surface area contributed by atoms with Gasteiger partial charge in [-0.1, -0.05) is 36.0 Å². The normalized spacial score (nSPS) is 10.9. The molecule has 0 bridgehead atoms. The lowest BCUT2D eigenvalue weighted by atomic mass is 10.3. The number of carbonyl (C=O) groups excluding carboxylic acids is 1. The molecule has 0 fully saturated rings. The largest absolute Gasteiger partial charge is 0.289 e. The van der Waals surface area contributed by atoms with Crippen LogP contribution in [0.5, 0.6) is 0 Å². The Kier molecular flexibility index (Phi) is 3.95. The van der Waals surface area contributed by atoms with E-state index >= 15 is 0 Å². The highest BCUT2D eigenvalue weighted by molar-refractivity contribution is 7.98. The van der Waals surface area contributed by atoms with Gasteiger partial charge >= 0.3 is 0 Å². The molecule has 1 amide bonds. The Morgan fingerprint density at radius 1 is 1.08 bits per heavy atom. The highest BCUT2D eigenvalue weighted by Gasteiger charge is 2.19. The van der Waals surface area contributed by atoms with Gasteiger partial charge in [0.2, 0.25) is 5.95 Å². The summed E-state index contributed by atoms with van der Waals surface area (Å²) in [5, 5.41) is 11.6. The molecule has 0 aliphatic carbocycles. The lowest BCUT2D eigenvalue weighted by Gasteiger charge is -2.10. The first-order chi connectivity index (χ1) is 12.3. The van der Waals surface area contributed by atoms with Gasteiger partial charge in [-0.15, -0.1) is 10.2 Å². The van der Waals surface area contributed by atoms with E-state index in [2.05, 4.69) is 20.5 Å². The van der Waals surface area contributed by atoms with Crippen molar-refractivity contribution in [3.63, 3.8) is 0 Å². The van der Waals surface area contributed by atoms with E-state index in [1.807, 2.05) is 59.4 Å². The van der Waals surface area contributed by atoms with Gasteiger partial charge in [0.05, 0.1) is 6.20 Å². The first-order valence-corrected chi connectivity index (χ1v) is 8.78. The molecule has 3 aromatic heterocycles. The van der Waals surface area contributed by atoms with Crippen LogP contribution in [0.15, 0.2) is 66.1 Å². The third-order valence-corrected chi connectivity index (χ3v) is 4.35. The smallest absolute Gasteiger partial charge is 0.276 e. The summed E-state index contributed by atoms with van der Waals surface area (Å²) in [6.07, 6.45) is 5.29.